The molecule has 0 aromatic rings. The van der Waals surface area contributed by atoms with E-state index in [2.05, 4.69) is 5.32 Å². The summed E-state index contributed by atoms with van der Waals surface area (Å²) in [6, 6.07) is 0. The van der Waals surface area contributed by atoms with Crippen molar-refractivity contribution >= 4 is 0 Å². The Hall–Kier alpha value is -0.0800. The van der Waals surface area contributed by atoms with Gasteiger partial charge in [0.2, 0.25) is 0 Å². The standard InChI is InChI=1S/C6H13NO.C2H6/c1-7-6(2-3-6)4-5-8;1-2/h7-8H,2-5H2,1H3;1-2H3. The lowest BCUT2D eigenvalue weighted by Gasteiger charge is -2.09. The molecule has 0 spiro atoms. The minimum atomic E-state index is 0.320. The lowest BCUT2D eigenvalue weighted by atomic mass is 10.2. The van der Waals surface area contributed by atoms with E-state index in [1.165, 1.54) is 12.8 Å². The molecule has 0 unspecified atom stereocenters. The number of nitrogens with one attached hydrogen (secondary N) is 1. The first-order chi connectivity index (χ1) is 4.83. The van der Waals surface area contributed by atoms with Gasteiger partial charge in [-0.3, -0.25) is 0 Å². The second-order valence-corrected chi connectivity index (χ2v) is 2.50. The number of hydrogen-bond acceptors (Lipinski definition) is 2. The van der Waals surface area contributed by atoms with Gasteiger partial charge in [0.1, 0.15) is 0 Å². The van der Waals surface area contributed by atoms with Crippen LogP contribution in [0.1, 0.15) is 33.1 Å². The molecule has 0 heterocycles. The molecular formula is C8H19NO. The Morgan fingerprint density at radius 1 is 1.40 bits per heavy atom. The smallest absolute Gasteiger partial charge is 0.0448 e. The van der Waals surface area contributed by atoms with E-state index in [4.69, 9.17) is 5.11 Å². The van der Waals surface area contributed by atoms with Crippen molar-refractivity contribution < 1.29 is 5.11 Å². The summed E-state index contributed by atoms with van der Waals surface area (Å²) in [7, 11) is 1.96. The Morgan fingerprint density at radius 3 is 2.00 bits per heavy atom. The lowest BCUT2D eigenvalue weighted by Crippen LogP contribution is -2.27. The van der Waals surface area contributed by atoms with Gasteiger partial charge in [-0.05, 0) is 26.3 Å². The van der Waals surface area contributed by atoms with Gasteiger partial charge in [0, 0.05) is 12.1 Å². The molecule has 1 rings (SSSR count). The van der Waals surface area contributed by atoms with Crippen LogP contribution in [0.15, 0.2) is 0 Å². The van der Waals surface area contributed by atoms with Gasteiger partial charge in [-0.1, -0.05) is 13.8 Å². The fraction of sp³-hybridized carbons (Fsp3) is 1.00. The van der Waals surface area contributed by atoms with E-state index in [0.29, 0.717) is 12.1 Å². The first kappa shape index (κ1) is 9.92. The molecule has 1 fully saturated rings. The van der Waals surface area contributed by atoms with Gasteiger partial charge in [-0.2, -0.15) is 0 Å². The van der Waals surface area contributed by atoms with Crippen molar-refractivity contribution in [2.75, 3.05) is 13.7 Å². The number of hydrogen-bond donors (Lipinski definition) is 2. The van der Waals surface area contributed by atoms with Crippen LogP contribution in [0.5, 0.6) is 0 Å². The van der Waals surface area contributed by atoms with E-state index in [-0.39, 0.29) is 0 Å². The van der Waals surface area contributed by atoms with Gasteiger partial charge >= 0.3 is 0 Å². The Kier molecular flexibility index (Phi) is 4.65. The van der Waals surface area contributed by atoms with Crippen molar-refractivity contribution in [1.82, 2.24) is 5.32 Å². The van der Waals surface area contributed by atoms with Crippen LogP contribution in [-0.4, -0.2) is 24.3 Å². The summed E-state index contributed by atoms with van der Waals surface area (Å²) in [5, 5.41) is 11.7. The van der Waals surface area contributed by atoms with E-state index in [1.54, 1.807) is 0 Å². The first-order valence-electron chi connectivity index (χ1n) is 4.13. The van der Waals surface area contributed by atoms with E-state index < -0.39 is 0 Å². The highest BCUT2D eigenvalue weighted by Gasteiger charge is 2.39. The summed E-state index contributed by atoms with van der Waals surface area (Å²) in [5.74, 6) is 0. The monoisotopic (exact) mass is 145 g/mol. The van der Waals surface area contributed by atoms with Crippen molar-refractivity contribution in [3.8, 4) is 0 Å². The predicted molar refractivity (Wildman–Crippen MR) is 44.1 cm³/mol. The average Bonchev–Trinajstić information content (AvgIpc) is 2.75. The van der Waals surface area contributed by atoms with Crippen LogP contribution >= 0.6 is 0 Å². The highest BCUT2D eigenvalue weighted by atomic mass is 16.3. The van der Waals surface area contributed by atoms with Crippen LogP contribution in [-0.2, 0) is 0 Å². The average molecular weight is 145 g/mol. The molecular weight excluding hydrogens is 126 g/mol. The Balaban J connectivity index is 0.000000371. The third-order valence-corrected chi connectivity index (χ3v) is 1.97. The van der Waals surface area contributed by atoms with Gasteiger partial charge in [-0.15, -0.1) is 0 Å². The quantitative estimate of drug-likeness (QED) is 0.624. The summed E-state index contributed by atoms with van der Waals surface area (Å²) in [6.07, 6.45) is 3.40. The number of aliphatic hydroxyl groups is 1. The zero-order valence-electron chi connectivity index (χ0n) is 7.28. The van der Waals surface area contributed by atoms with E-state index in [0.717, 1.165) is 6.42 Å². The van der Waals surface area contributed by atoms with Gasteiger partial charge < -0.3 is 10.4 Å². The van der Waals surface area contributed by atoms with E-state index in [9.17, 15) is 0 Å². The van der Waals surface area contributed by atoms with Crippen LogP contribution in [0.25, 0.3) is 0 Å². The summed E-state index contributed by atoms with van der Waals surface area (Å²) in [5.41, 5.74) is 0.342. The zero-order valence-corrected chi connectivity index (χ0v) is 7.28. The van der Waals surface area contributed by atoms with Crippen molar-refractivity contribution in [3.05, 3.63) is 0 Å². The second-order valence-electron chi connectivity index (χ2n) is 2.50. The zero-order chi connectivity index (χ0) is 8.04. The van der Waals surface area contributed by atoms with Crippen LogP contribution in [0.4, 0.5) is 0 Å². The van der Waals surface area contributed by atoms with Gasteiger partial charge in [0.25, 0.3) is 0 Å². The maximum Gasteiger partial charge on any atom is 0.0448 e. The maximum absolute atomic E-state index is 8.53. The maximum atomic E-state index is 8.53. The molecule has 1 saturated carbocycles. The van der Waals surface area contributed by atoms with Crippen LogP contribution < -0.4 is 5.32 Å². The largest absolute Gasteiger partial charge is 0.396 e. The molecule has 0 aromatic carbocycles. The Bertz CT molecular complexity index is 79.3. The highest BCUT2D eigenvalue weighted by Crippen LogP contribution is 2.37. The van der Waals surface area contributed by atoms with Crippen molar-refractivity contribution in [2.24, 2.45) is 0 Å². The normalized spacial score (nSPS) is 19.2. The summed E-state index contributed by atoms with van der Waals surface area (Å²) in [6.45, 7) is 4.32. The Morgan fingerprint density at radius 2 is 1.90 bits per heavy atom. The molecule has 0 amide bonds. The van der Waals surface area contributed by atoms with Crippen LogP contribution in [0, 0.1) is 0 Å². The second kappa shape index (κ2) is 4.69. The predicted octanol–water partition coefficient (Wildman–Crippen LogP) is 1.15. The molecule has 0 atom stereocenters. The highest BCUT2D eigenvalue weighted by molar-refractivity contribution is 5.00. The molecule has 1 aliphatic carbocycles. The molecule has 2 nitrogen and oxygen atoms in total. The van der Waals surface area contributed by atoms with E-state index in [1.807, 2.05) is 20.9 Å². The third kappa shape index (κ3) is 2.67. The number of aliphatic hydroxyl groups excluding tert-OH is 1. The Labute approximate surface area is 63.6 Å². The van der Waals surface area contributed by atoms with Gasteiger partial charge in [0.05, 0.1) is 0 Å². The summed E-state index contributed by atoms with van der Waals surface area (Å²) in [4.78, 5) is 0. The van der Waals surface area contributed by atoms with Crippen LogP contribution in [0.2, 0.25) is 0 Å². The van der Waals surface area contributed by atoms with Crippen molar-refractivity contribution in [1.29, 1.82) is 0 Å². The fourth-order valence-electron chi connectivity index (χ4n) is 0.990. The molecule has 10 heavy (non-hydrogen) atoms. The van der Waals surface area contributed by atoms with E-state index >= 15 is 0 Å². The van der Waals surface area contributed by atoms with Crippen molar-refractivity contribution in [2.45, 2.75) is 38.6 Å². The summed E-state index contributed by atoms with van der Waals surface area (Å²) < 4.78 is 0. The lowest BCUT2D eigenvalue weighted by molar-refractivity contribution is 0.262. The van der Waals surface area contributed by atoms with Gasteiger partial charge in [-0.25, -0.2) is 0 Å². The first-order valence-corrected chi connectivity index (χ1v) is 4.13. The molecule has 0 aliphatic heterocycles. The minimum absolute atomic E-state index is 0.320. The fourth-order valence-corrected chi connectivity index (χ4v) is 0.990. The molecule has 2 heteroatoms. The topological polar surface area (TPSA) is 32.3 Å². The SMILES string of the molecule is CC.CNC1(CCO)CC1. The molecule has 0 saturated heterocycles. The summed E-state index contributed by atoms with van der Waals surface area (Å²) >= 11 is 0. The molecule has 0 radical (unpaired) electrons. The molecule has 0 bridgehead atoms. The van der Waals surface area contributed by atoms with Gasteiger partial charge in [0.15, 0.2) is 0 Å². The number of rotatable bonds is 3. The van der Waals surface area contributed by atoms with Crippen LogP contribution in [0.3, 0.4) is 0 Å². The minimum Gasteiger partial charge on any atom is -0.396 e. The molecule has 0 aromatic heterocycles. The molecule has 1 aliphatic rings. The molecule has 62 valence electrons. The third-order valence-electron chi connectivity index (χ3n) is 1.97. The molecule has 2 N–H and O–H groups in total. The van der Waals surface area contributed by atoms with Crippen molar-refractivity contribution in [3.63, 3.8) is 0 Å².